The maximum atomic E-state index is 3.07. The first kappa shape index (κ1) is 6.62. The quantitative estimate of drug-likeness (QED) is 0.599. The highest BCUT2D eigenvalue weighted by Gasteiger charge is 1.93. The molecule has 0 nitrogen and oxygen atoms in total. The maximum absolute atomic E-state index is 3.07. The van der Waals surface area contributed by atoms with Gasteiger partial charge >= 0.3 is 0 Å². The van der Waals surface area contributed by atoms with Crippen LogP contribution in [0, 0.1) is 5.38 Å². The number of benzene rings is 1. The Labute approximate surface area is 70.1 Å². The van der Waals surface area contributed by atoms with Crippen LogP contribution in [0.3, 0.4) is 0 Å². The summed E-state index contributed by atoms with van der Waals surface area (Å²) in [6, 6.07) is 12.4. The molecule has 0 aliphatic rings. The van der Waals surface area contributed by atoms with Gasteiger partial charge in [-0.3, -0.25) is 0 Å². The first-order valence-corrected chi connectivity index (χ1v) is 4.35. The molecule has 0 amide bonds. The minimum atomic E-state index is 1.26. The Hall–Kier alpha value is -1.08. The molecule has 2 rings (SSSR count). The van der Waals surface area contributed by atoms with Crippen molar-refractivity contribution in [2.45, 2.75) is 0 Å². The van der Waals surface area contributed by atoms with Crippen LogP contribution in [0.1, 0.15) is 0 Å². The van der Waals surface area contributed by atoms with Crippen LogP contribution in [0.25, 0.3) is 11.1 Å². The van der Waals surface area contributed by atoms with E-state index in [-0.39, 0.29) is 0 Å². The fraction of sp³-hybridized carbons (Fsp3) is 0. The summed E-state index contributed by atoms with van der Waals surface area (Å²) in [5.41, 5.74) is 2.53. The molecule has 1 aromatic carbocycles. The van der Waals surface area contributed by atoms with E-state index in [2.05, 4.69) is 22.9 Å². The van der Waals surface area contributed by atoms with Crippen LogP contribution in [0.5, 0.6) is 0 Å². The molecule has 0 bridgehead atoms. The Morgan fingerprint density at radius 3 is 2.45 bits per heavy atom. The number of hydrogen-bond acceptors (Lipinski definition) is 1. The Morgan fingerprint density at radius 2 is 1.82 bits per heavy atom. The van der Waals surface area contributed by atoms with Gasteiger partial charge in [0, 0.05) is 5.38 Å². The monoisotopic (exact) mass is 159 g/mol. The number of rotatable bonds is 1. The normalized spacial score (nSPS) is 9.82. The number of thiophene rings is 1. The van der Waals surface area contributed by atoms with Crippen molar-refractivity contribution in [3.05, 3.63) is 47.2 Å². The van der Waals surface area contributed by atoms with Gasteiger partial charge < -0.3 is 0 Å². The smallest absolute Gasteiger partial charge is 0.0449 e. The molecule has 0 aliphatic carbocycles. The van der Waals surface area contributed by atoms with Crippen molar-refractivity contribution < 1.29 is 0 Å². The van der Waals surface area contributed by atoms with E-state index in [0.29, 0.717) is 0 Å². The van der Waals surface area contributed by atoms with E-state index >= 15 is 0 Å². The highest BCUT2D eigenvalue weighted by atomic mass is 32.1. The molecular formula is C10H7S. The molecule has 0 saturated carbocycles. The zero-order valence-corrected chi connectivity index (χ0v) is 6.77. The first-order chi connectivity index (χ1) is 5.47. The lowest BCUT2D eigenvalue weighted by Gasteiger charge is -1.93. The molecule has 11 heavy (non-hydrogen) atoms. The van der Waals surface area contributed by atoms with Crippen molar-refractivity contribution in [1.29, 1.82) is 0 Å². The van der Waals surface area contributed by atoms with Crippen molar-refractivity contribution in [3.8, 4) is 11.1 Å². The number of hydrogen-bond donors (Lipinski definition) is 0. The molecule has 1 aromatic heterocycles. The van der Waals surface area contributed by atoms with Crippen LogP contribution in [-0.4, -0.2) is 0 Å². The molecular weight excluding hydrogens is 152 g/mol. The summed E-state index contributed by atoms with van der Waals surface area (Å²) in [6.07, 6.45) is 0. The molecule has 0 spiro atoms. The van der Waals surface area contributed by atoms with Crippen LogP contribution in [0.15, 0.2) is 41.8 Å². The molecule has 53 valence electrons. The summed E-state index contributed by atoms with van der Waals surface area (Å²) < 4.78 is 0. The van der Waals surface area contributed by atoms with Crippen molar-refractivity contribution in [2.24, 2.45) is 0 Å². The molecule has 2 aromatic rings. The second kappa shape index (κ2) is 2.89. The van der Waals surface area contributed by atoms with Gasteiger partial charge in [-0.1, -0.05) is 30.3 Å². The van der Waals surface area contributed by atoms with Crippen molar-refractivity contribution >= 4 is 11.3 Å². The summed E-state index contributed by atoms with van der Waals surface area (Å²) in [5, 5.41) is 5.18. The highest BCUT2D eigenvalue weighted by molar-refractivity contribution is 7.07. The summed E-state index contributed by atoms with van der Waals surface area (Å²) >= 11 is 1.61. The average Bonchev–Trinajstić information content (AvgIpc) is 2.58. The third-order valence-electron chi connectivity index (χ3n) is 1.58. The fourth-order valence-corrected chi connectivity index (χ4v) is 1.61. The Balaban J connectivity index is 2.46. The zero-order valence-electron chi connectivity index (χ0n) is 5.95. The topological polar surface area (TPSA) is 0 Å². The van der Waals surface area contributed by atoms with Crippen LogP contribution in [0.4, 0.5) is 0 Å². The van der Waals surface area contributed by atoms with Crippen LogP contribution in [-0.2, 0) is 0 Å². The predicted molar refractivity (Wildman–Crippen MR) is 48.6 cm³/mol. The molecule has 0 unspecified atom stereocenters. The van der Waals surface area contributed by atoms with E-state index in [1.54, 1.807) is 11.3 Å². The standard InChI is InChI=1S/C10H7S/c1-2-4-9(5-3-1)10-6-7-11-8-10/h1-6,8H. The second-order valence-electron chi connectivity index (χ2n) is 2.32. The van der Waals surface area contributed by atoms with E-state index in [9.17, 15) is 0 Å². The molecule has 0 saturated heterocycles. The summed E-state index contributed by atoms with van der Waals surface area (Å²) in [4.78, 5) is 0. The van der Waals surface area contributed by atoms with Gasteiger partial charge in [-0.15, -0.1) is 11.3 Å². The summed E-state index contributed by atoms with van der Waals surface area (Å²) in [7, 11) is 0. The van der Waals surface area contributed by atoms with Gasteiger partial charge in [0.2, 0.25) is 0 Å². The molecule has 1 heterocycles. The fourth-order valence-electron chi connectivity index (χ4n) is 1.01. The largest absolute Gasteiger partial charge is 0.142 e. The molecule has 1 heteroatoms. The predicted octanol–water partition coefficient (Wildman–Crippen LogP) is 3.22. The third-order valence-corrected chi connectivity index (χ3v) is 2.20. The zero-order chi connectivity index (χ0) is 7.52. The van der Waals surface area contributed by atoms with Gasteiger partial charge in [0.25, 0.3) is 0 Å². The Morgan fingerprint density at radius 1 is 1.00 bits per heavy atom. The van der Waals surface area contributed by atoms with Gasteiger partial charge in [-0.25, -0.2) is 0 Å². The minimum absolute atomic E-state index is 1.26. The van der Waals surface area contributed by atoms with Crippen molar-refractivity contribution in [3.63, 3.8) is 0 Å². The maximum Gasteiger partial charge on any atom is 0.0449 e. The van der Waals surface area contributed by atoms with Crippen LogP contribution < -0.4 is 0 Å². The first-order valence-electron chi connectivity index (χ1n) is 3.47. The van der Waals surface area contributed by atoms with E-state index in [0.717, 1.165) is 0 Å². The van der Waals surface area contributed by atoms with Crippen molar-refractivity contribution in [2.75, 3.05) is 0 Å². The summed E-state index contributed by atoms with van der Waals surface area (Å²) in [5.74, 6) is 0. The molecule has 0 N–H and O–H groups in total. The highest BCUT2D eigenvalue weighted by Crippen LogP contribution is 2.20. The average molecular weight is 159 g/mol. The lowest BCUT2D eigenvalue weighted by atomic mass is 10.1. The van der Waals surface area contributed by atoms with Gasteiger partial charge in [-0.05, 0) is 22.6 Å². The van der Waals surface area contributed by atoms with Crippen molar-refractivity contribution in [1.82, 2.24) is 0 Å². The van der Waals surface area contributed by atoms with Gasteiger partial charge in [0.1, 0.15) is 0 Å². The lowest BCUT2D eigenvalue weighted by molar-refractivity contribution is 1.68. The lowest BCUT2D eigenvalue weighted by Crippen LogP contribution is -1.68. The Kier molecular flexibility index (Phi) is 1.74. The Bertz CT molecular complexity index is 308. The van der Waals surface area contributed by atoms with E-state index in [1.165, 1.54) is 11.1 Å². The van der Waals surface area contributed by atoms with E-state index < -0.39 is 0 Å². The summed E-state index contributed by atoms with van der Waals surface area (Å²) in [6.45, 7) is 0. The van der Waals surface area contributed by atoms with E-state index in [4.69, 9.17) is 0 Å². The van der Waals surface area contributed by atoms with Gasteiger partial charge in [0.05, 0.1) is 0 Å². The molecule has 0 aliphatic heterocycles. The minimum Gasteiger partial charge on any atom is -0.142 e. The third kappa shape index (κ3) is 1.33. The second-order valence-corrected chi connectivity index (χ2v) is 3.03. The molecule has 0 atom stereocenters. The molecule has 0 fully saturated rings. The SMILES string of the molecule is [c]1cc(-c2ccccc2)cs1. The van der Waals surface area contributed by atoms with Crippen LogP contribution >= 0.6 is 11.3 Å². The van der Waals surface area contributed by atoms with Crippen LogP contribution in [0.2, 0.25) is 0 Å². The van der Waals surface area contributed by atoms with E-state index in [1.807, 2.05) is 24.3 Å². The molecule has 1 radical (unpaired) electrons. The van der Waals surface area contributed by atoms with Gasteiger partial charge in [-0.2, -0.15) is 0 Å². The van der Waals surface area contributed by atoms with Gasteiger partial charge in [0.15, 0.2) is 0 Å².